The zero-order valence-corrected chi connectivity index (χ0v) is 11.9. The second-order valence-corrected chi connectivity index (χ2v) is 5.81. The number of ether oxygens (including phenoxy) is 1. The quantitative estimate of drug-likeness (QED) is 0.803. The number of hydrogen-bond acceptors (Lipinski definition) is 6. The van der Waals surface area contributed by atoms with Crippen molar-refractivity contribution in [3.8, 4) is 0 Å². The summed E-state index contributed by atoms with van der Waals surface area (Å²) in [5.41, 5.74) is -0.562. The summed E-state index contributed by atoms with van der Waals surface area (Å²) < 4.78 is 6.98. The van der Waals surface area contributed by atoms with Gasteiger partial charge in [-0.2, -0.15) is 9.61 Å². The molecule has 0 spiro atoms. The Bertz CT molecular complexity index is 612. The van der Waals surface area contributed by atoms with Gasteiger partial charge >= 0.3 is 5.97 Å². The van der Waals surface area contributed by atoms with Crippen LogP contribution in [0.5, 0.6) is 0 Å². The number of carbonyl (C=O) groups excluding carboxylic acids is 1. The lowest BCUT2D eigenvalue weighted by atomic mass is 9.87. The van der Waals surface area contributed by atoms with Gasteiger partial charge in [0, 0.05) is 0 Å². The second-order valence-electron chi connectivity index (χ2n) is 4.86. The second kappa shape index (κ2) is 4.56. The van der Waals surface area contributed by atoms with Crippen molar-refractivity contribution in [1.82, 2.24) is 19.8 Å². The van der Waals surface area contributed by atoms with Crippen molar-refractivity contribution in [2.24, 2.45) is 0 Å². The molecule has 19 heavy (non-hydrogen) atoms. The zero-order valence-electron chi connectivity index (χ0n) is 11.0. The van der Waals surface area contributed by atoms with E-state index in [4.69, 9.17) is 4.74 Å². The van der Waals surface area contributed by atoms with E-state index in [0.717, 1.165) is 41.5 Å². The fourth-order valence-corrected chi connectivity index (χ4v) is 3.78. The van der Waals surface area contributed by atoms with E-state index in [1.807, 2.05) is 13.8 Å². The van der Waals surface area contributed by atoms with Crippen LogP contribution in [0, 0.1) is 6.92 Å². The van der Waals surface area contributed by atoms with Crippen molar-refractivity contribution in [3.63, 3.8) is 0 Å². The van der Waals surface area contributed by atoms with Gasteiger partial charge in [0.15, 0.2) is 5.82 Å². The molecular formula is C12H16N4O2S. The summed E-state index contributed by atoms with van der Waals surface area (Å²) in [7, 11) is 0. The molecule has 2 heterocycles. The summed E-state index contributed by atoms with van der Waals surface area (Å²) in [6, 6.07) is 0. The first-order chi connectivity index (χ1) is 9.17. The van der Waals surface area contributed by atoms with Crippen LogP contribution in [-0.4, -0.2) is 32.4 Å². The van der Waals surface area contributed by atoms with E-state index in [1.54, 1.807) is 4.52 Å². The van der Waals surface area contributed by atoms with E-state index in [2.05, 4.69) is 15.3 Å². The molecule has 6 nitrogen and oxygen atoms in total. The van der Waals surface area contributed by atoms with Gasteiger partial charge in [0.05, 0.1) is 6.61 Å². The third kappa shape index (κ3) is 1.83. The van der Waals surface area contributed by atoms with Crippen molar-refractivity contribution in [1.29, 1.82) is 0 Å². The maximum atomic E-state index is 12.4. The van der Waals surface area contributed by atoms with E-state index < -0.39 is 5.41 Å². The molecule has 102 valence electrons. The van der Waals surface area contributed by atoms with Crippen LogP contribution >= 0.6 is 11.3 Å². The number of hydrogen-bond donors (Lipinski definition) is 0. The molecule has 0 bridgehead atoms. The molecular weight excluding hydrogens is 264 g/mol. The Morgan fingerprint density at radius 3 is 2.79 bits per heavy atom. The number of carbonyl (C=O) groups is 1. The fourth-order valence-electron chi connectivity index (χ4n) is 2.66. The molecule has 0 aliphatic heterocycles. The van der Waals surface area contributed by atoms with Crippen molar-refractivity contribution in [2.75, 3.05) is 6.61 Å². The molecule has 2 aromatic rings. The highest BCUT2D eigenvalue weighted by atomic mass is 32.1. The maximum Gasteiger partial charge on any atom is 0.319 e. The average Bonchev–Trinajstić information content (AvgIpc) is 3.07. The van der Waals surface area contributed by atoms with Crippen molar-refractivity contribution in [3.05, 3.63) is 10.8 Å². The topological polar surface area (TPSA) is 69.4 Å². The van der Waals surface area contributed by atoms with Crippen molar-refractivity contribution < 1.29 is 9.53 Å². The predicted octanol–water partition coefficient (Wildman–Crippen LogP) is 1.87. The molecule has 1 aliphatic rings. The number of rotatable bonds is 3. The van der Waals surface area contributed by atoms with E-state index in [9.17, 15) is 4.79 Å². The van der Waals surface area contributed by atoms with Gasteiger partial charge in [-0.25, -0.2) is 0 Å². The number of aromatic nitrogens is 4. The van der Waals surface area contributed by atoms with Gasteiger partial charge < -0.3 is 4.74 Å². The van der Waals surface area contributed by atoms with Crippen molar-refractivity contribution >= 4 is 22.3 Å². The number of aryl methyl sites for hydroxylation is 1. The predicted molar refractivity (Wildman–Crippen MR) is 70.2 cm³/mol. The largest absolute Gasteiger partial charge is 0.465 e. The first kappa shape index (κ1) is 12.5. The lowest BCUT2D eigenvalue weighted by Crippen LogP contribution is -2.34. The number of esters is 1. The van der Waals surface area contributed by atoms with Crippen LogP contribution in [0.25, 0.3) is 4.96 Å². The number of fused-ring (bicyclic) bond motifs is 1. The van der Waals surface area contributed by atoms with Gasteiger partial charge in [-0.05, 0) is 26.7 Å². The molecule has 7 heteroatoms. The van der Waals surface area contributed by atoms with Crippen LogP contribution in [0.15, 0.2) is 0 Å². The summed E-state index contributed by atoms with van der Waals surface area (Å²) >= 11 is 1.45. The Hall–Kier alpha value is -1.50. The highest BCUT2D eigenvalue weighted by Crippen LogP contribution is 2.43. The first-order valence-corrected chi connectivity index (χ1v) is 7.35. The third-order valence-corrected chi connectivity index (χ3v) is 4.78. The molecule has 2 aromatic heterocycles. The van der Waals surface area contributed by atoms with E-state index in [1.165, 1.54) is 11.3 Å². The van der Waals surface area contributed by atoms with Crippen LogP contribution in [0.2, 0.25) is 0 Å². The van der Waals surface area contributed by atoms with E-state index >= 15 is 0 Å². The lowest BCUT2D eigenvalue weighted by Gasteiger charge is -2.23. The molecule has 0 aromatic carbocycles. The summed E-state index contributed by atoms with van der Waals surface area (Å²) in [6.45, 7) is 4.10. The summed E-state index contributed by atoms with van der Waals surface area (Å²) in [4.78, 5) is 13.1. The minimum absolute atomic E-state index is 0.143. The zero-order chi connectivity index (χ0) is 13.5. The van der Waals surface area contributed by atoms with Crippen LogP contribution in [0.3, 0.4) is 0 Å². The maximum absolute atomic E-state index is 12.4. The highest BCUT2D eigenvalue weighted by Gasteiger charge is 2.47. The number of nitrogens with zero attached hydrogens (tertiary/aromatic N) is 4. The molecule has 0 saturated heterocycles. The summed E-state index contributed by atoms with van der Waals surface area (Å²) in [5, 5.41) is 13.4. The molecule has 0 radical (unpaired) electrons. The van der Waals surface area contributed by atoms with Gasteiger partial charge in [-0.1, -0.05) is 24.2 Å². The highest BCUT2D eigenvalue weighted by molar-refractivity contribution is 7.16. The van der Waals surface area contributed by atoms with E-state index in [-0.39, 0.29) is 5.97 Å². The van der Waals surface area contributed by atoms with Crippen LogP contribution in [-0.2, 0) is 14.9 Å². The minimum Gasteiger partial charge on any atom is -0.465 e. The molecule has 1 saturated carbocycles. The Labute approximate surface area is 114 Å². The Morgan fingerprint density at radius 2 is 2.16 bits per heavy atom. The van der Waals surface area contributed by atoms with Crippen LogP contribution in [0.4, 0.5) is 0 Å². The Morgan fingerprint density at radius 1 is 1.42 bits per heavy atom. The molecule has 0 unspecified atom stereocenters. The first-order valence-electron chi connectivity index (χ1n) is 6.54. The van der Waals surface area contributed by atoms with Gasteiger partial charge in [-0.15, -0.1) is 10.2 Å². The molecule has 0 N–H and O–H groups in total. The van der Waals surface area contributed by atoms with Gasteiger partial charge in [-0.3, -0.25) is 4.79 Å². The summed E-state index contributed by atoms with van der Waals surface area (Å²) in [6.07, 6.45) is 3.71. The van der Waals surface area contributed by atoms with Crippen LogP contribution in [0.1, 0.15) is 43.4 Å². The third-order valence-electron chi connectivity index (χ3n) is 3.68. The molecule has 1 fully saturated rings. The standard InChI is InChI=1S/C12H16N4O2S/c1-3-18-10(17)12(6-4-5-7-12)9-15-16-8(2)13-14-11(16)19-9/h3-7H2,1-2H3. The monoisotopic (exact) mass is 280 g/mol. The van der Waals surface area contributed by atoms with Gasteiger partial charge in [0.25, 0.3) is 0 Å². The van der Waals surface area contributed by atoms with E-state index in [0.29, 0.717) is 6.61 Å². The van der Waals surface area contributed by atoms with Crippen LogP contribution < -0.4 is 0 Å². The van der Waals surface area contributed by atoms with Crippen molar-refractivity contribution in [2.45, 2.75) is 44.9 Å². The SMILES string of the molecule is CCOC(=O)C1(c2nn3c(C)nnc3s2)CCCC1. The Balaban J connectivity index is 2.06. The molecule has 0 amide bonds. The molecule has 0 atom stereocenters. The normalized spacial score (nSPS) is 18.0. The minimum atomic E-state index is -0.562. The van der Waals surface area contributed by atoms with Gasteiger partial charge in [0.1, 0.15) is 10.4 Å². The molecule has 3 rings (SSSR count). The average molecular weight is 280 g/mol. The fraction of sp³-hybridized carbons (Fsp3) is 0.667. The smallest absolute Gasteiger partial charge is 0.319 e. The summed E-state index contributed by atoms with van der Waals surface area (Å²) in [5.74, 6) is 0.602. The molecule has 1 aliphatic carbocycles. The van der Waals surface area contributed by atoms with Gasteiger partial charge in [0.2, 0.25) is 4.96 Å². The Kier molecular flexibility index (Phi) is 3.00. The lowest BCUT2D eigenvalue weighted by molar-refractivity contribution is -0.150.